The monoisotopic (exact) mass is 452 g/mol. The highest BCUT2D eigenvalue weighted by Crippen LogP contribution is 2.41. The lowest BCUT2D eigenvalue weighted by Crippen LogP contribution is -2.43. The van der Waals surface area contributed by atoms with Crippen molar-refractivity contribution in [2.45, 2.75) is 78.3 Å². The van der Waals surface area contributed by atoms with Crippen LogP contribution in [0.15, 0.2) is 42.5 Å². The van der Waals surface area contributed by atoms with Crippen LogP contribution in [0, 0.1) is 27.7 Å². The number of nitrogens with zero attached hydrogens (tertiary/aromatic N) is 3. The Morgan fingerprint density at radius 3 is 2.38 bits per heavy atom. The predicted molar refractivity (Wildman–Crippen MR) is 142 cm³/mol. The van der Waals surface area contributed by atoms with E-state index in [2.05, 4.69) is 85.2 Å². The van der Waals surface area contributed by atoms with Crippen LogP contribution in [0.1, 0.15) is 72.5 Å². The number of nitrogens with one attached hydrogen (secondary N) is 1. The summed E-state index contributed by atoms with van der Waals surface area (Å²) in [4.78, 5) is 5.18. The summed E-state index contributed by atoms with van der Waals surface area (Å²) in [5.74, 6) is 0. The predicted octanol–water partition coefficient (Wildman–Crippen LogP) is 7.00. The molecule has 2 aromatic carbocycles. The number of hydrogen-bond acceptors (Lipinski definition) is 3. The Balaban J connectivity index is 1.59. The van der Waals surface area contributed by atoms with Crippen molar-refractivity contribution in [2.75, 3.05) is 6.54 Å². The quantitative estimate of drug-likeness (QED) is 0.362. The van der Waals surface area contributed by atoms with E-state index < -0.39 is 0 Å². The summed E-state index contributed by atoms with van der Waals surface area (Å²) in [6.45, 7) is 9.93. The summed E-state index contributed by atoms with van der Waals surface area (Å²) in [5, 5.41) is 5.19. The minimum atomic E-state index is 0.393. The van der Waals surface area contributed by atoms with Gasteiger partial charge in [0.25, 0.3) is 0 Å². The molecule has 6 rings (SSSR count). The van der Waals surface area contributed by atoms with E-state index >= 15 is 0 Å². The van der Waals surface area contributed by atoms with Crippen LogP contribution in [0.4, 0.5) is 0 Å². The molecule has 0 spiro atoms. The van der Waals surface area contributed by atoms with Crippen molar-refractivity contribution >= 4 is 21.9 Å². The van der Waals surface area contributed by atoms with Gasteiger partial charge in [0.05, 0.1) is 17.2 Å². The van der Waals surface area contributed by atoms with Crippen molar-refractivity contribution < 1.29 is 0 Å². The fraction of sp³-hybridized carbons (Fsp3) is 0.433. The van der Waals surface area contributed by atoms with E-state index in [0.717, 1.165) is 17.9 Å². The minimum absolute atomic E-state index is 0.393. The highest BCUT2D eigenvalue weighted by Gasteiger charge is 2.32. The topological polar surface area (TPSA) is 33.1 Å². The smallest absolute Gasteiger partial charge is 0.146 e. The first kappa shape index (κ1) is 21.8. The standard InChI is InChI=1S/C30H36N4/c1-19-16-20(2)29(21(3)17-19)34-27-13-8-7-12-24(27)28-25(18-22(4)31-30(28)34)26-14-9-15-33(26)32-23-10-5-6-11-23/h7-8,12-13,16-18,23,26,32H,5-6,9-11,14-15H2,1-4H3. The molecule has 2 aliphatic rings. The normalized spacial score (nSPS) is 19.7. The average molecular weight is 453 g/mol. The first-order chi connectivity index (χ1) is 16.5. The van der Waals surface area contributed by atoms with Gasteiger partial charge in [-0.1, -0.05) is 48.7 Å². The zero-order valence-corrected chi connectivity index (χ0v) is 21.0. The van der Waals surface area contributed by atoms with E-state index in [9.17, 15) is 0 Å². The van der Waals surface area contributed by atoms with Crippen LogP contribution in [0.2, 0.25) is 0 Å². The third kappa shape index (κ3) is 3.55. The van der Waals surface area contributed by atoms with Gasteiger partial charge in [-0.25, -0.2) is 9.99 Å². The Labute approximate surface area is 203 Å². The molecule has 4 heteroatoms. The molecule has 34 heavy (non-hydrogen) atoms. The van der Waals surface area contributed by atoms with E-state index in [1.165, 1.54) is 82.8 Å². The van der Waals surface area contributed by atoms with Crippen molar-refractivity contribution in [2.24, 2.45) is 0 Å². The van der Waals surface area contributed by atoms with Gasteiger partial charge >= 0.3 is 0 Å². The molecule has 1 aliphatic heterocycles. The second-order valence-corrected chi connectivity index (χ2v) is 10.6. The lowest BCUT2D eigenvalue weighted by atomic mass is 9.99. The Morgan fingerprint density at radius 1 is 0.882 bits per heavy atom. The van der Waals surface area contributed by atoms with Crippen LogP contribution in [-0.4, -0.2) is 27.1 Å². The van der Waals surface area contributed by atoms with Crippen LogP contribution >= 0.6 is 0 Å². The van der Waals surface area contributed by atoms with Gasteiger partial charge in [0.1, 0.15) is 5.65 Å². The average Bonchev–Trinajstić information content (AvgIpc) is 3.53. The molecule has 0 radical (unpaired) electrons. The zero-order valence-electron chi connectivity index (χ0n) is 21.0. The summed E-state index contributed by atoms with van der Waals surface area (Å²) in [5.41, 5.74) is 14.0. The number of fused-ring (bicyclic) bond motifs is 3. The first-order valence-corrected chi connectivity index (χ1v) is 13.0. The maximum atomic E-state index is 5.18. The maximum absolute atomic E-state index is 5.18. The second-order valence-electron chi connectivity index (χ2n) is 10.6. The largest absolute Gasteiger partial charge is 0.293 e. The molecule has 0 amide bonds. The highest BCUT2D eigenvalue weighted by atomic mass is 15.5. The lowest BCUT2D eigenvalue weighted by molar-refractivity contribution is 0.143. The summed E-state index contributed by atoms with van der Waals surface area (Å²) in [6.07, 6.45) is 7.76. The molecule has 176 valence electrons. The molecule has 1 aliphatic carbocycles. The van der Waals surface area contributed by atoms with Crippen LogP contribution in [0.25, 0.3) is 27.6 Å². The van der Waals surface area contributed by atoms with Gasteiger partial charge in [-0.05, 0) is 82.2 Å². The van der Waals surface area contributed by atoms with Gasteiger partial charge in [-0.15, -0.1) is 0 Å². The number of aryl methyl sites for hydroxylation is 4. The zero-order chi connectivity index (χ0) is 23.4. The van der Waals surface area contributed by atoms with E-state index in [-0.39, 0.29) is 0 Å². The van der Waals surface area contributed by atoms with E-state index in [1.807, 2.05) is 0 Å². The third-order valence-electron chi connectivity index (χ3n) is 7.96. The van der Waals surface area contributed by atoms with Crippen LogP contribution in [-0.2, 0) is 0 Å². The lowest BCUT2D eigenvalue weighted by Gasteiger charge is -2.29. The SMILES string of the molecule is Cc1cc(C)c(-n2c3ccccc3c3c(C4CCCN4NC4CCCC4)cc(C)nc32)c(C)c1. The summed E-state index contributed by atoms with van der Waals surface area (Å²) < 4.78 is 2.43. The molecule has 1 atom stereocenters. The van der Waals surface area contributed by atoms with E-state index in [0.29, 0.717) is 12.1 Å². The molecule has 3 heterocycles. The third-order valence-corrected chi connectivity index (χ3v) is 7.96. The highest BCUT2D eigenvalue weighted by molar-refractivity contribution is 6.10. The first-order valence-electron chi connectivity index (χ1n) is 13.0. The molecule has 2 aromatic heterocycles. The van der Waals surface area contributed by atoms with Crippen LogP contribution < -0.4 is 5.43 Å². The van der Waals surface area contributed by atoms with Crippen molar-refractivity contribution in [1.82, 2.24) is 20.0 Å². The molecule has 4 nitrogen and oxygen atoms in total. The molecule has 0 bridgehead atoms. The Bertz CT molecular complexity index is 1350. The number of aromatic nitrogens is 2. The second kappa shape index (κ2) is 8.51. The van der Waals surface area contributed by atoms with Crippen molar-refractivity contribution in [3.63, 3.8) is 0 Å². The Hall–Kier alpha value is -2.69. The minimum Gasteiger partial charge on any atom is -0.293 e. The van der Waals surface area contributed by atoms with Crippen LogP contribution in [0.3, 0.4) is 0 Å². The van der Waals surface area contributed by atoms with E-state index in [1.54, 1.807) is 0 Å². The van der Waals surface area contributed by atoms with Gasteiger partial charge in [0, 0.05) is 29.1 Å². The summed E-state index contributed by atoms with van der Waals surface area (Å²) >= 11 is 0. The Kier molecular flexibility index (Phi) is 5.46. The van der Waals surface area contributed by atoms with Crippen molar-refractivity contribution in [3.8, 4) is 5.69 Å². The Morgan fingerprint density at radius 2 is 1.62 bits per heavy atom. The molecular formula is C30H36N4. The molecule has 2 fully saturated rings. The van der Waals surface area contributed by atoms with E-state index in [4.69, 9.17) is 4.98 Å². The van der Waals surface area contributed by atoms with Crippen LogP contribution in [0.5, 0.6) is 0 Å². The van der Waals surface area contributed by atoms with Crippen molar-refractivity contribution in [1.29, 1.82) is 0 Å². The molecule has 1 unspecified atom stereocenters. The molecule has 1 N–H and O–H groups in total. The molecule has 1 saturated heterocycles. The number of rotatable bonds is 4. The number of hydrogen-bond donors (Lipinski definition) is 1. The number of pyridine rings is 1. The van der Waals surface area contributed by atoms with Gasteiger partial charge in [0.15, 0.2) is 0 Å². The van der Waals surface area contributed by atoms with Crippen molar-refractivity contribution in [3.05, 3.63) is 70.4 Å². The maximum Gasteiger partial charge on any atom is 0.146 e. The number of benzene rings is 2. The molecule has 1 saturated carbocycles. The molecule has 4 aromatic rings. The summed E-state index contributed by atoms with van der Waals surface area (Å²) in [6, 6.07) is 16.9. The van der Waals surface area contributed by atoms with Gasteiger partial charge in [-0.3, -0.25) is 9.99 Å². The number of hydrazine groups is 1. The fourth-order valence-electron chi connectivity index (χ4n) is 6.66. The van der Waals surface area contributed by atoms with Gasteiger partial charge in [-0.2, -0.15) is 0 Å². The summed E-state index contributed by atoms with van der Waals surface area (Å²) in [7, 11) is 0. The molecular weight excluding hydrogens is 416 g/mol. The number of para-hydroxylation sites is 1. The van der Waals surface area contributed by atoms with Gasteiger partial charge < -0.3 is 0 Å². The van der Waals surface area contributed by atoms with Gasteiger partial charge in [0.2, 0.25) is 0 Å². The fourth-order valence-corrected chi connectivity index (χ4v) is 6.66.